The molecule has 1 aromatic rings. The average Bonchev–Trinajstić information content (AvgIpc) is 2.03. The van der Waals surface area contributed by atoms with E-state index in [0.717, 1.165) is 5.56 Å². The predicted molar refractivity (Wildman–Crippen MR) is 46.9 cm³/mol. The first kappa shape index (κ1) is 9.42. The van der Waals surface area contributed by atoms with Crippen molar-refractivity contribution >= 4 is 16.2 Å². The highest BCUT2D eigenvalue weighted by atomic mass is 32.2. The third-order valence-electron chi connectivity index (χ3n) is 1.45. The van der Waals surface area contributed by atoms with Crippen molar-refractivity contribution in [3.05, 3.63) is 29.3 Å². The Hall–Kier alpha value is -1.67. The van der Waals surface area contributed by atoms with Crippen LogP contribution in [-0.2, 0) is 10.5 Å². The fraction of sp³-hybridized carbons (Fsp3) is 0.125. The second-order valence-electron chi connectivity index (χ2n) is 2.44. The molecule has 0 spiro atoms. The molecule has 0 unspecified atom stereocenters. The maximum Gasteiger partial charge on any atom is 0.316 e. The van der Waals surface area contributed by atoms with E-state index in [2.05, 4.69) is 4.36 Å². The Labute approximate surface area is 77.1 Å². The molecule has 13 heavy (non-hydrogen) atoms. The molecule has 66 valence electrons. The Morgan fingerprint density at radius 1 is 1.46 bits per heavy atom. The third-order valence-corrected chi connectivity index (χ3v) is 1.79. The van der Waals surface area contributed by atoms with Gasteiger partial charge in [-0.15, -0.1) is 4.36 Å². The Morgan fingerprint density at radius 2 is 2.15 bits per heavy atom. The van der Waals surface area contributed by atoms with Crippen molar-refractivity contribution in [2.24, 2.45) is 4.36 Å². The SMILES string of the molecule is Cc1ccc(C#N)c(N=S(=O)=O)c1. The topological polar surface area (TPSA) is 70.3 Å². The van der Waals surface area contributed by atoms with Gasteiger partial charge in [-0.2, -0.15) is 13.7 Å². The molecule has 0 aliphatic carbocycles. The van der Waals surface area contributed by atoms with Crippen molar-refractivity contribution in [1.29, 1.82) is 5.26 Å². The van der Waals surface area contributed by atoms with Gasteiger partial charge in [-0.25, -0.2) is 0 Å². The van der Waals surface area contributed by atoms with E-state index in [0.29, 0.717) is 0 Å². The van der Waals surface area contributed by atoms with E-state index >= 15 is 0 Å². The van der Waals surface area contributed by atoms with Crippen molar-refractivity contribution in [3.63, 3.8) is 0 Å². The van der Waals surface area contributed by atoms with E-state index < -0.39 is 10.5 Å². The number of rotatable bonds is 1. The standard InChI is InChI=1S/C8H6N2O2S/c1-6-2-3-7(5-9)8(4-6)10-13(11)12/h2-4H,1H3. The van der Waals surface area contributed by atoms with Gasteiger partial charge in [0.2, 0.25) is 0 Å². The Bertz CT molecular complexity index is 489. The van der Waals surface area contributed by atoms with Gasteiger partial charge < -0.3 is 0 Å². The summed E-state index contributed by atoms with van der Waals surface area (Å²) in [6.07, 6.45) is 0. The second kappa shape index (κ2) is 3.83. The number of hydrogen-bond acceptors (Lipinski definition) is 4. The first-order valence-electron chi connectivity index (χ1n) is 3.45. The molecule has 0 bridgehead atoms. The molecular weight excluding hydrogens is 188 g/mol. The van der Waals surface area contributed by atoms with Crippen molar-refractivity contribution < 1.29 is 8.42 Å². The molecule has 0 saturated heterocycles. The molecule has 0 aliphatic rings. The first-order valence-corrected chi connectivity index (χ1v) is 4.48. The summed E-state index contributed by atoms with van der Waals surface area (Å²) in [6.45, 7) is 1.80. The number of aryl methyl sites for hydroxylation is 1. The fourth-order valence-electron chi connectivity index (χ4n) is 0.892. The van der Waals surface area contributed by atoms with Crippen molar-refractivity contribution in [2.75, 3.05) is 0 Å². The van der Waals surface area contributed by atoms with Gasteiger partial charge in [-0.1, -0.05) is 6.07 Å². The summed E-state index contributed by atoms with van der Waals surface area (Å²) in [5.74, 6) is 0. The molecular formula is C8H6N2O2S. The Balaban J connectivity index is 3.43. The molecule has 0 atom stereocenters. The van der Waals surface area contributed by atoms with Crippen molar-refractivity contribution in [1.82, 2.24) is 0 Å². The van der Waals surface area contributed by atoms with Crippen LogP contribution in [0.2, 0.25) is 0 Å². The van der Waals surface area contributed by atoms with Crippen molar-refractivity contribution in [2.45, 2.75) is 6.92 Å². The molecule has 0 aromatic heterocycles. The van der Waals surface area contributed by atoms with E-state index in [-0.39, 0.29) is 11.3 Å². The van der Waals surface area contributed by atoms with Crippen LogP contribution < -0.4 is 0 Å². The molecule has 1 aromatic carbocycles. The molecule has 0 radical (unpaired) electrons. The molecule has 0 heterocycles. The van der Waals surface area contributed by atoms with Crippen LogP contribution in [0.5, 0.6) is 0 Å². The summed E-state index contributed by atoms with van der Waals surface area (Å²) in [7, 11) is -2.51. The maximum atomic E-state index is 10.3. The summed E-state index contributed by atoms with van der Waals surface area (Å²) in [5, 5.41) is 8.61. The van der Waals surface area contributed by atoms with Crippen LogP contribution in [0, 0.1) is 18.3 Å². The summed E-state index contributed by atoms with van der Waals surface area (Å²) < 4.78 is 23.8. The van der Waals surface area contributed by atoms with Gasteiger partial charge in [0, 0.05) is 0 Å². The highest BCUT2D eigenvalue weighted by molar-refractivity contribution is 7.61. The van der Waals surface area contributed by atoms with Crippen molar-refractivity contribution in [3.8, 4) is 6.07 Å². The molecule has 0 N–H and O–H groups in total. The third kappa shape index (κ3) is 2.39. The highest BCUT2D eigenvalue weighted by Gasteiger charge is 2.00. The minimum atomic E-state index is -2.51. The Kier molecular flexibility index (Phi) is 2.77. The summed E-state index contributed by atoms with van der Waals surface area (Å²) >= 11 is 0. The first-order chi connectivity index (χ1) is 6.13. The van der Waals surface area contributed by atoms with Gasteiger partial charge in [0.1, 0.15) is 6.07 Å². The summed E-state index contributed by atoms with van der Waals surface area (Å²) in [5.41, 5.74) is 1.31. The number of hydrogen-bond donors (Lipinski definition) is 0. The van der Waals surface area contributed by atoms with E-state index in [4.69, 9.17) is 5.26 Å². The molecule has 0 saturated carbocycles. The highest BCUT2D eigenvalue weighted by Crippen LogP contribution is 2.19. The van der Waals surface area contributed by atoms with Gasteiger partial charge in [0.05, 0.1) is 11.3 Å². The lowest BCUT2D eigenvalue weighted by Gasteiger charge is -1.95. The predicted octanol–water partition coefficient (Wildman–Crippen LogP) is 1.56. The summed E-state index contributed by atoms with van der Waals surface area (Å²) in [4.78, 5) is 0. The van der Waals surface area contributed by atoms with Crippen LogP contribution in [0.25, 0.3) is 0 Å². The summed E-state index contributed by atoms with van der Waals surface area (Å²) in [6, 6.07) is 6.68. The molecule has 0 fully saturated rings. The zero-order chi connectivity index (χ0) is 9.84. The van der Waals surface area contributed by atoms with E-state index in [1.165, 1.54) is 0 Å². The quantitative estimate of drug-likeness (QED) is 0.681. The van der Waals surface area contributed by atoms with Crippen LogP contribution >= 0.6 is 0 Å². The minimum Gasteiger partial charge on any atom is -0.192 e. The maximum absolute atomic E-state index is 10.3. The van der Waals surface area contributed by atoms with Crippen LogP contribution in [0.3, 0.4) is 0 Å². The van der Waals surface area contributed by atoms with Gasteiger partial charge in [0.15, 0.2) is 0 Å². The van der Waals surface area contributed by atoms with Crippen LogP contribution in [-0.4, -0.2) is 8.42 Å². The lowest BCUT2D eigenvalue weighted by atomic mass is 10.1. The van der Waals surface area contributed by atoms with E-state index in [9.17, 15) is 8.42 Å². The minimum absolute atomic E-state index is 0.191. The van der Waals surface area contributed by atoms with Crippen LogP contribution in [0.4, 0.5) is 5.69 Å². The van der Waals surface area contributed by atoms with Gasteiger partial charge in [-0.3, -0.25) is 0 Å². The molecule has 1 rings (SSSR count). The molecule has 0 aliphatic heterocycles. The average molecular weight is 194 g/mol. The zero-order valence-corrected chi connectivity index (χ0v) is 7.67. The van der Waals surface area contributed by atoms with Gasteiger partial charge in [-0.05, 0) is 24.6 Å². The van der Waals surface area contributed by atoms with Crippen LogP contribution in [0.1, 0.15) is 11.1 Å². The lowest BCUT2D eigenvalue weighted by Crippen LogP contribution is -1.78. The molecule has 5 heteroatoms. The van der Waals surface area contributed by atoms with Crippen LogP contribution in [0.15, 0.2) is 22.6 Å². The van der Waals surface area contributed by atoms with Gasteiger partial charge in [0.25, 0.3) is 0 Å². The normalized spacial score (nSPS) is 8.92. The van der Waals surface area contributed by atoms with Gasteiger partial charge >= 0.3 is 10.5 Å². The second-order valence-corrected chi connectivity index (χ2v) is 3.06. The molecule has 4 nitrogen and oxygen atoms in total. The zero-order valence-electron chi connectivity index (χ0n) is 6.85. The number of benzene rings is 1. The van der Waals surface area contributed by atoms with E-state index in [1.54, 1.807) is 25.1 Å². The fourth-order valence-corrected chi connectivity index (χ4v) is 1.20. The number of nitrogens with zero attached hydrogens (tertiary/aromatic N) is 2. The lowest BCUT2D eigenvalue weighted by molar-refractivity contribution is 0.622. The van der Waals surface area contributed by atoms with E-state index in [1.807, 2.05) is 6.07 Å². The smallest absolute Gasteiger partial charge is 0.192 e. The molecule has 0 amide bonds. The Morgan fingerprint density at radius 3 is 2.69 bits per heavy atom. The largest absolute Gasteiger partial charge is 0.316 e. The monoisotopic (exact) mass is 194 g/mol. The number of nitriles is 1.